The highest BCUT2D eigenvalue weighted by atomic mass is 32.1. The van der Waals surface area contributed by atoms with Crippen LogP contribution in [-0.4, -0.2) is 15.9 Å². The van der Waals surface area contributed by atoms with Gasteiger partial charge in [-0.05, 0) is 29.8 Å². The Morgan fingerprint density at radius 2 is 2.18 bits per heavy atom. The van der Waals surface area contributed by atoms with E-state index < -0.39 is 0 Å². The lowest BCUT2D eigenvalue weighted by atomic mass is 10.1. The highest BCUT2D eigenvalue weighted by Crippen LogP contribution is 2.24. The summed E-state index contributed by atoms with van der Waals surface area (Å²) in [5, 5.41) is 5.10. The van der Waals surface area contributed by atoms with Gasteiger partial charge in [-0.25, -0.2) is 9.37 Å². The zero-order valence-corrected chi connectivity index (χ0v) is 12.3. The third kappa shape index (κ3) is 3.53. The van der Waals surface area contributed by atoms with E-state index in [1.54, 1.807) is 24.5 Å². The lowest BCUT2D eigenvalue weighted by molar-refractivity contribution is -0.115. The Kier molecular flexibility index (Phi) is 4.20. The van der Waals surface area contributed by atoms with Gasteiger partial charge < -0.3 is 5.32 Å². The Labute approximate surface area is 130 Å². The molecule has 2 heterocycles. The van der Waals surface area contributed by atoms with Crippen LogP contribution in [0.2, 0.25) is 0 Å². The number of nitrogens with one attached hydrogen (secondary N) is 1. The molecule has 0 saturated heterocycles. The van der Waals surface area contributed by atoms with Gasteiger partial charge in [0.1, 0.15) is 5.82 Å². The minimum Gasteiger partial charge on any atom is -0.302 e. The number of amides is 1. The molecule has 22 heavy (non-hydrogen) atoms. The van der Waals surface area contributed by atoms with Crippen LogP contribution in [0.1, 0.15) is 5.56 Å². The van der Waals surface area contributed by atoms with Crippen LogP contribution in [0.4, 0.5) is 9.52 Å². The summed E-state index contributed by atoms with van der Waals surface area (Å²) in [6.07, 6.45) is 3.52. The first-order valence-corrected chi connectivity index (χ1v) is 7.49. The van der Waals surface area contributed by atoms with E-state index in [2.05, 4.69) is 15.3 Å². The van der Waals surface area contributed by atoms with E-state index in [9.17, 15) is 9.18 Å². The molecule has 0 aliphatic carbocycles. The lowest BCUT2D eigenvalue weighted by Crippen LogP contribution is -2.14. The highest BCUT2D eigenvalue weighted by molar-refractivity contribution is 7.14. The van der Waals surface area contributed by atoms with Gasteiger partial charge in [0.2, 0.25) is 5.91 Å². The van der Waals surface area contributed by atoms with Gasteiger partial charge in [0.15, 0.2) is 5.13 Å². The van der Waals surface area contributed by atoms with E-state index >= 15 is 0 Å². The van der Waals surface area contributed by atoms with Gasteiger partial charge in [-0.15, -0.1) is 11.3 Å². The van der Waals surface area contributed by atoms with Crippen LogP contribution >= 0.6 is 11.3 Å². The van der Waals surface area contributed by atoms with Crippen LogP contribution in [0.5, 0.6) is 0 Å². The number of hydrogen-bond donors (Lipinski definition) is 1. The van der Waals surface area contributed by atoms with Gasteiger partial charge in [-0.3, -0.25) is 9.78 Å². The lowest BCUT2D eigenvalue weighted by Gasteiger charge is -2.02. The molecule has 1 amide bonds. The van der Waals surface area contributed by atoms with Crippen LogP contribution in [0.3, 0.4) is 0 Å². The minimum absolute atomic E-state index is 0.111. The first-order valence-electron chi connectivity index (χ1n) is 6.61. The van der Waals surface area contributed by atoms with E-state index in [0.717, 1.165) is 11.3 Å². The Balaban J connectivity index is 1.66. The summed E-state index contributed by atoms with van der Waals surface area (Å²) in [7, 11) is 0. The second-order valence-corrected chi connectivity index (χ2v) is 5.49. The Hall–Kier alpha value is -2.60. The smallest absolute Gasteiger partial charge is 0.230 e. The van der Waals surface area contributed by atoms with Crippen LogP contribution in [0.15, 0.2) is 54.2 Å². The second kappa shape index (κ2) is 6.44. The predicted molar refractivity (Wildman–Crippen MR) is 84.1 cm³/mol. The fourth-order valence-electron chi connectivity index (χ4n) is 1.97. The van der Waals surface area contributed by atoms with Gasteiger partial charge in [-0.2, -0.15) is 0 Å². The number of nitrogens with zero attached hydrogens (tertiary/aromatic N) is 2. The van der Waals surface area contributed by atoms with Gasteiger partial charge in [-0.1, -0.05) is 12.1 Å². The number of carbonyl (C=O) groups excluding carboxylic acids is 1. The molecule has 0 spiro atoms. The SMILES string of the molecule is O=C(Cc1cccc(F)c1)Nc1nc(-c2cccnc2)cs1. The molecule has 0 unspecified atom stereocenters. The van der Waals surface area contributed by atoms with Gasteiger partial charge in [0, 0.05) is 23.3 Å². The Morgan fingerprint density at radius 3 is 2.95 bits per heavy atom. The highest BCUT2D eigenvalue weighted by Gasteiger charge is 2.09. The van der Waals surface area contributed by atoms with Crippen LogP contribution in [0, 0.1) is 5.82 Å². The van der Waals surface area contributed by atoms with Gasteiger partial charge in [0.25, 0.3) is 0 Å². The monoisotopic (exact) mass is 313 g/mol. The van der Waals surface area contributed by atoms with Gasteiger partial charge >= 0.3 is 0 Å². The largest absolute Gasteiger partial charge is 0.302 e. The van der Waals surface area contributed by atoms with Crippen LogP contribution in [0.25, 0.3) is 11.3 Å². The van der Waals surface area contributed by atoms with Crippen molar-refractivity contribution in [1.82, 2.24) is 9.97 Å². The number of benzene rings is 1. The molecular weight excluding hydrogens is 301 g/mol. The standard InChI is InChI=1S/C16H12FN3OS/c17-13-5-1-3-11(7-13)8-15(21)20-16-19-14(10-22-16)12-4-2-6-18-9-12/h1-7,9-10H,8H2,(H,19,20,21). The van der Waals surface area contributed by atoms with Crippen molar-refractivity contribution in [2.45, 2.75) is 6.42 Å². The molecule has 4 nitrogen and oxygen atoms in total. The average Bonchev–Trinajstić information content (AvgIpc) is 2.96. The van der Waals surface area contributed by atoms with Crippen molar-refractivity contribution >= 4 is 22.4 Å². The average molecular weight is 313 g/mol. The Bertz CT molecular complexity index is 789. The van der Waals surface area contributed by atoms with Crippen molar-refractivity contribution in [1.29, 1.82) is 0 Å². The molecular formula is C16H12FN3OS. The van der Waals surface area contributed by atoms with Crippen molar-refractivity contribution in [2.75, 3.05) is 5.32 Å². The van der Waals surface area contributed by atoms with Crippen molar-refractivity contribution in [2.24, 2.45) is 0 Å². The molecule has 6 heteroatoms. The number of rotatable bonds is 4. The number of aromatic nitrogens is 2. The molecule has 0 saturated carbocycles. The maximum absolute atomic E-state index is 13.1. The summed E-state index contributed by atoms with van der Waals surface area (Å²) in [6.45, 7) is 0. The predicted octanol–water partition coefficient (Wildman–Crippen LogP) is 3.53. The molecule has 3 aromatic rings. The normalized spacial score (nSPS) is 10.4. The number of hydrogen-bond acceptors (Lipinski definition) is 4. The quantitative estimate of drug-likeness (QED) is 0.801. The molecule has 0 radical (unpaired) electrons. The van der Waals surface area contributed by atoms with E-state index in [1.165, 1.54) is 23.5 Å². The number of thiazole rings is 1. The molecule has 110 valence electrons. The number of carbonyl (C=O) groups is 1. The van der Waals surface area contributed by atoms with Crippen molar-refractivity contribution in [3.05, 3.63) is 65.6 Å². The van der Waals surface area contributed by atoms with Crippen molar-refractivity contribution < 1.29 is 9.18 Å². The molecule has 0 aliphatic rings. The Morgan fingerprint density at radius 1 is 1.27 bits per heavy atom. The zero-order valence-electron chi connectivity index (χ0n) is 11.5. The summed E-state index contributed by atoms with van der Waals surface area (Å²) in [5.41, 5.74) is 2.28. The van der Waals surface area contributed by atoms with E-state index in [1.807, 2.05) is 17.5 Å². The summed E-state index contributed by atoms with van der Waals surface area (Å²) in [6, 6.07) is 9.73. The van der Waals surface area contributed by atoms with Gasteiger partial charge in [0.05, 0.1) is 12.1 Å². The van der Waals surface area contributed by atoms with Crippen LogP contribution in [-0.2, 0) is 11.2 Å². The molecule has 1 aromatic carbocycles. The fraction of sp³-hybridized carbons (Fsp3) is 0.0625. The molecule has 0 atom stereocenters. The van der Waals surface area contributed by atoms with E-state index in [4.69, 9.17) is 0 Å². The summed E-state index contributed by atoms with van der Waals surface area (Å²) in [5.74, 6) is -0.573. The minimum atomic E-state index is -0.349. The van der Waals surface area contributed by atoms with Crippen molar-refractivity contribution in [3.8, 4) is 11.3 Å². The molecule has 0 bridgehead atoms. The number of pyridine rings is 1. The maximum Gasteiger partial charge on any atom is 0.230 e. The van der Waals surface area contributed by atoms with E-state index in [0.29, 0.717) is 10.7 Å². The fourth-order valence-corrected chi connectivity index (χ4v) is 2.71. The molecule has 1 N–H and O–H groups in total. The summed E-state index contributed by atoms with van der Waals surface area (Å²) in [4.78, 5) is 20.3. The summed E-state index contributed by atoms with van der Waals surface area (Å²) >= 11 is 1.34. The number of halogens is 1. The second-order valence-electron chi connectivity index (χ2n) is 4.63. The third-order valence-corrected chi connectivity index (χ3v) is 3.72. The molecule has 0 fully saturated rings. The third-order valence-electron chi connectivity index (χ3n) is 2.96. The molecule has 0 aliphatic heterocycles. The van der Waals surface area contributed by atoms with Crippen molar-refractivity contribution in [3.63, 3.8) is 0 Å². The summed E-state index contributed by atoms with van der Waals surface area (Å²) < 4.78 is 13.1. The zero-order chi connectivity index (χ0) is 15.4. The van der Waals surface area contributed by atoms with Crippen LogP contribution < -0.4 is 5.32 Å². The topological polar surface area (TPSA) is 54.9 Å². The first kappa shape index (κ1) is 14.3. The first-order chi connectivity index (χ1) is 10.7. The molecule has 2 aromatic heterocycles. The van der Waals surface area contributed by atoms with E-state index in [-0.39, 0.29) is 18.1 Å². The molecule has 3 rings (SSSR count). The maximum atomic E-state index is 13.1. The number of anilines is 1.